The minimum Gasteiger partial charge on any atom is -0.254 e. The number of thiazole rings is 1. The van der Waals surface area contributed by atoms with Gasteiger partial charge < -0.3 is 0 Å². The predicted molar refractivity (Wildman–Crippen MR) is 94.3 cm³/mol. The quantitative estimate of drug-likeness (QED) is 0.356. The summed E-state index contributed by atoms with van der Waals surface area (Å²) in [5.74, 6) is 0. The molecule has 122 valence electrons. The van der Waals surface area contributed by atoms with Gasteiger partial charge in [0.1, 0.15) is 0 Å². The Balaban J connectivity index is 1.81. The van der Waals surface area contributed by atoms with Gasteiger partial charge in [0.05, 0.1) is 35.2 Å². The van der Waals surface area contributed by atoms with Gasteiger partial charge in [-0.1, -0.05) is 16.3 Å². The minimum absolute atomic E-state index is 0.204. The Morgan fingerprint density at radius 1 is 0.920 bits per heavy atom. The van der Waals surface area contributed by atoms with Crippen molar-refractivity contribution in [2.75, 3.05) is 0 Å². The van der Waals surface area contributed by atoms with Crippen molar-refractivity contribution in [3.05, 3.63) is 73.5 Å². The summed E-state index contributed by atoms with van der Waals surface area (Å²) in [6.45, 7) is 0.448. The lowest BCUT2D eigenvalue weighted by Gasteiger charge is -2.03. The molecule has 25 heavy (non-hydrogen) atoms. The van der Waals surface area contributed by atoms with Gasteiger partial charge in [0.25, 0.3) is 0 Å². The molecule has 3 rings (SSSR count). The molecule has 10 heteroatoms. The highest BCUT2D eigenvalue weighted by molar-refractivity contribution is 7.09. The second-order valence-corrected chi connectivity index (χ2v) is 5.79. The monoisotopic (exact) mass is 349 g/mol. The van der Waals surface area contributed by atoms with Gasteiger partial charge >= 0.3 is 0 Å². The van der Waals surface area contributed by atoms with Gasteiger partial charge in [0.15, 0.2) is 0 Å². The molecule has 0 saturated heterocycles. The molecule has 0 fully saturated rings. The topological polar surface area (TPSA) is 136 Å². The summed E-state index contributed by atoms with van der Waals surface area (Å²) in [5.41, 5.74) is 20.5. The van der Waals surface area contributed by atoms with Crippen molar-refractivity contribution < 1.29 is 0 Å². The fraction of sp³-hybridized carbons (Fsp3) is 0.133. The Morgan fingerprint density at radius 3 is 2.52 bits per heavy atom. The van der Waals surface area contributed by atoms with Gasteiger partial charge in [-0.15, -0.1) is 11.3 Å². The average molecular weight is 349 g/mol. The largest absolute Gasteiger partial charge is 0.254 e. The molecule has 0 saturated carbocycles. The van der Waals surface area contributed by atoms with E-state index in [-0.39, 0.29) is 13.1 Å². The first-order chi connectivity index (χ1) is 12.3. The van der Waals surface area contributed by atoms with Gasteiger partial charge in [-0.2, -0.15) is 0 Å². The van der Waals surface area contributed by atoms with Gasteiger partial charge in [0.2, 0.25) is 0 Å². The van der Waals surface area contributed by atoms with Gasteiger partial charge in [-0.05, 0) is 35.3 Å². The van der Waals surface area contributed by atoms with E-state index in [1.807, 2.05) is 29.6 Å². The van der Waals surface area contributed by atoms with Gasteiger partial charge in [-0.25, -0.2) is 4.98 Å². The van der Waals surface area contributed by atoms with Crippen LogP contribution in [0.2, 0.25) is 0 Å². The van der Waals surface area contributed by atoms with E-state index >= 15 is 0 Å². The van der Waals surface area contributed by atoms with E-state index in [4.69, 9.17) is 11.1 Å². The van der Waals surface area contributed by atoms with Crippen LogP contribution in [0.1, 0.15) is 10.7 Å². The maximum absolute atomic E-state index is 8.39. The number of aromatic nitrogens is 3. The van der Waals surface area contributed by atoms with Crippen LogP contribution in [0.3, 0.4) is 0 Å². The zero-order valence-corrected chi connectivity index (χ0v) is 13.7. The molecule has 3 heterocycles. The Labute approximate surface area is 146 Å². The van der Waals surface area contributed by atoms with Crippen LogP contribution in [-0.4, -0.2) is 15.0 Å². The first-order valence-corrected chi connectivity index (χ1v) is 8.07. The lowest BCUT2D eigenvalue weighted by Crippen LogP contribution is -1.92. The number of nitrogens with zero attached hydrogens (tertiary/aromatic N) is 9. The molecule has 0 amide bonds. The molecular weight excluding hydrogens is 338 g/mol. The van der Waals surface area contributed by atoms with Crippen LogP contribution in [0, 0.1) is 0 Å². The minimum atomic E-state index is 0.204. The lowest BCUT2D eigenvalue weighted by molar-refractivity contribution is 0.976. The number of rotatable bonds is 6. The first-order valence-electron chi connectivity index (χ1n) is 7.19. The van der Waals surface area contributed by atoms with Crippen LogP contribution in [0.5, 0.6) is 0 Å². The van der Waals surface area contributed by atoms with Gasteiger partial charge in [-0.3, -0.25) is 9.97 Å². The highest BCUT2D eigenvalue weighted by Gasteiger charge is 2.07. The Kier molecular flexibility index (Phi) is 5.18. The highest BCUT2D eigenvalue weighted by Crippen LogP contribution is 2.24. The zero-order chi connectivity index (χ0) is 17.5. The molecule has 0 aliphatic rings. The molecule has 0 aliphatic heterocycles. The second kappa shape index (κ2) is 7.89. The van der Waals surface area contributed by atoms with Crippen LogP contribution in [0.25, 0.3) is 43.5 Å². The molecule has 0 unspecified atom stereocenters. The number of hydrogen-bond acceptors (Lipinski definition) is 6. The van der Waals surface area contributed by atoms with Crippen LogP contribution < -0.4 is 0 Å². The standard InChI is InChI=1S/C15H11N9S/c16-23-19-7-11-2-1-3-13(21-11)12-5-4-10(6-18-12)14-9-25-15(22-14)8-20-24-17/h1-6,9H,7-8H2. The molecule has 0 spiro atoms. The highest BCUT2D eigenvalue weighted by atomic mass is 32.1. The number of hydrogen-bond donors (Lipinski definition) is 0. The fourth-order valence-electron chi connectivity index (χ4n) is 2.12. The van der Waals surface area contributed by atoms with Crippen molar-refractivity contribution in [3.63, 3.8) is 0 Å². The summed E-state index contributed by atoms with van der Waals surface area (Å²) < 4.78 is 0. The molecular formula is C15H11N9S. The Hall–Kier alpha value is -3.45. The second-order valence-electron chi connectivity index (χ2n) is 4.85. The van der Waals surface area contributed by atoms with Crippen LogP contribution in [0.15, 0.2) is 52.1 Å². The van der Waals surface area contributed by atoms with E-state index in [1.165, 1.54) is 11.3 Å². The molecule has 0 aliphatic carbocycles. The Morgan fingerprint density at radius 2 is 1.76 bits per heavy atom. The van der Waals surface area contributed by atoms with Crippen molar-refractivity contribution in [3.8, 4) is 22.6 Å². The normalized spacial score (nSPS) is 9.92. The number of pyridine rings is 2. The lowest BCUT2D eigenvalue weighted by atomic mass is 10.2. The van der Waals surface area contributed by atoms with Crippen LogP contribution >= 0.6 is 11.3 Å². The Bertz CT molecular complexity index is 967. The predicted octanol–water partition coefficient (Wildman–Crippen LogP) is 4.89. The summed E-state index contributed by atoms with van der Waals surface area (Å²) in [4.78, 5) is 18.8. The SMILES string of the molecule is [N-]=[N+]=NCc1cccc(-c2ccc(-c3csc(CN=[N+]=[N-])n3)cn2)n1. The molecule has 3 aromatic rings. The molecule has 9 nitrogen and oxygen atoms in total. The molecule has 3 aromatic heterocycles. The summed E-state index contributed by atoms with van der Waals surface area (Å²) in [7, 11) is 0. The summed E-state index contributed by atoms with van der Waals surface area (Å²) >= 11 is 1.44. The van der Waals surface area contributed by atoms with Gasteiger partial charge in [0, 0.05) is 32.7 Å². The molecule has 0 radical (unpaired) electrons. The fourth-order valence-corrected chi connectivity index (χ4v) is 2.84. The molecule has 0 N–H and O–H groups in total. The third kappa shape index (κ3) is 4.10. The van der Waals surface area contributed by atoms with Crippen molar-refractivity contribution in [2.45, 2.75) is 13.1 Å². The van der Waals surface area contributed by atoms with E-state index in [0.29, 0.717) is 11.4 Å². The summed E-state index contributed by atoms with van der Waals surface area (Å²) in [5, 5.41) is 9.68. The van der Waals surface area contributed by atoms with E-state index in [1.54, 1.807) is 12.3 Å². The van der Waals surface area contributed by atoms with Crippen LogP contribution in [0.4, 0.5) is 0 Å². The van der Waals surface area contributed by atoms with E-state index < -0.39 is 0 Å². The average Bonchev–Trinajstić information content (AvgIpc) is 3.14. The maximum atomic E-state index is 8.39. The molecule has 0 atom stereocenters. The summed E-state index contributed by atoms with van der Waals surface area (Å²) in [6, 6.07) is 9.27. The third-order valence-corrected chi connectivity index (χ3v) is 4.08. The smallest absolute Gasteiger partial charge is 0.0990 e. The van der Waals surface area contributed by atoms with Crippen LogP contribution in [-0.2, 0) is 13.1 Å². The van der Waals surface area contributed by atoms with Crippen molar-refractivity contribution in [1.82, 2.24) is 15.0 Å². The van der Waals surface area contributed by atoms with E-state index in [9.17, 15) is 0 Å². The maximum Gasteiger partial charge on any atom is 0.0990 e. The zero-order valence-electron chi connectivity index (χ0n) is 12.9. The number of azide groups is 2. The van der Waals surface area contributed by atoms with E-state index in [0.717, 1.165) is 22.0 Å². The van der Waals surface area contributed by atoms with Crippen molar-refractivity contribution in [2.24, 2.45) is 10.2 Å². The molecule has 0 bridgehead atoms. The third-order valence-electron chi connectivity index (χ3n) is 3.25. The van der Waals surface area contributed by atoms with E-state index in [2.05, 4.69) is 35.0 Å². The summed E-state index contributed by atoms with van der Waals surface area (Å²) in [6.07, 6.45) is 1.73. The first kappa shape index (κ1) is 16.4. The van der Waals surface area contributed by atoms with Crippen molar-refractivity contribution >= 4 is 11.3 Å². The van der Waals surface area contributed by atoms with Crippen molar-refractivity contribution in [1.29, 1.82) is 0 Å². The molecule has 0 aromatic carbocycles.